The summed E-state index contributed by atoms with van der Waals surface area (Å²) in [5.74, 6) is 0.756. The van der Waals surface area contributed by atoms with Crippen molar-refractivity contribution in [1.29, 1.82) is 0 Å². The van der Waals surface area contributed by atoms with Crippen LogP contribution in [0.25, 0.3) is 0 Å². The maximum atomic E-state index is 12.2. The molecule has 0 bridgehead atoms. The van der Waals surface area contributed by atoms with Crippen LogP contribution in [-0.2, 0) is 11.3 Å². The summed E-state index contributed by atoms with van der Waals surface area (Å²) in [4.78, 5) is 16.2. The summed E-state index contributed by atoms with van der Waals surface area (Å²) in [6.07, 6.45) is 1.06. The largest absolute Gasteiger partial charge is 0.340 e. The van der Waals surface area contributed by atoms with E-state index in [1.807, 2.05) is 12.4 Å². The van der Waals surface area contributed by atoms with Crippen LogP contribution in [0.5, 0.6) is 0 Å². The Balaban J connectivity index is 1.82. The van der Waals surface area contributed by atoms with Gasteiger partial charge in [-0.05, 0) is 34.7 Å². The first-order valence-corrected chi connectivity index (χ1v) is 7.72. The average Bonchev–Trinajstić information content (AvgIpc) is 2.80. The molecular weight excluding hydrogens is 258 g/mol. The monoisotopic (exact) mass is 281 g/mol. The molecule has 1 aromatic rings. The quantitative estimate of drug-likeness (QED) is 0.907. The normalized spacial score (nSPS) is 24.4. The molecule has 5 heteroatoms. The van der Waals surface area contributed by atoms with E-state index in [0.717, 1.165) is 19.5 Å². The minimum absolute atomic E-state index is 0.174. The van der Waals surface area contributed by atoms with Gasteiger partial charge >= 0.3 is 0 Å². The van der Waals surface area contributed by atoms with E-state index in [1.165, 1.54) is 5.56 Å². The zero-order chi connectivity index (χ0) is 13.8. The Morgan fingerprint density at radius 1 is 1.58 bits per heavy atom. The molecule has 4 nitrogen and oxygen atoms in total. The lowest BCUT2D eigenvalue weighted by Crippen LogP contribution is -2.49. The first-order chi connectivity index (χ1) is 9.04. The predicted molar refractivity (Wildman–Crippen MR) is 79.0 cm³/mol. The first-order valence-electron chi connectivity index (χ1n) is 6.77. The second kappa shape index (κ2) is 6.50. The number of rotatable bonds is 4. The Hall–Kier alpha value is -0.910. The van der Waals surface area contributed by atoms with Crippen LogP contribution >= 0.6 is 11.3 Å². The Bertz CT molecular complexity index is 397. The topological polar surface area (TPSA) is 49.6 Å². The third kappa shape index (κ3) is 4.30. The van der Waals surface area contributed by atoms with Crippen molar-refractivity contribution in [3.05, 3.63) is 22.4 Å². The molecule has 2 heterocycles. The number of carbonyl (C=O) groups excluding carboxylic acids is 1. The Kier molecular flexibility index (Phi) is 4.96. The van der Waals surface area contributed by atoms with Crippen molar-refractivity contribution < 1.29 is 4.79 Å². The van der Waals surface area contributed by atoms with Crippen LogP contribution in [0.4, 0.5) is 0 Å². The molecular formula is C14H23N3OS. The molecule has 2 atom stereocenters. The van der Waals surface area contributed by atoms with Gasteiger partial charge in [-0.2, -0.15) is 11.3 Å². The maximum absolute atomic E-state index is 12.2. The van der Waals surface area contributed by atoms with E-state index in [-0.39, 0.29) is 11.9 Å². The van der Waals surface area contributed by atoms with Gasteiger partial charge in [-0.3, -0.25) is 9.69 Å². The molecule has 2 rings (SSSR count). The van der Waals surface area contributed by atoms with Crippen LogP contribution in [0.15, 0.2) is 16.8 Å². The van der Waals surface area contributed by atoms with Crippen LogP contribution in [0.2, 0.25) is 0 Å². The molecule has 2 N–H and O–H groups in total. The van der Waals surface area contributed by atoms with Crippen LogP contribution in [0.1, 0.15) is 18.9 Å². The van der Waals surface area contributed by atoms with Gasteiger partial charge < -0.3 is 10.6 Å². The predicted octanol–water partition coefficient (Wildman–Crippen LogP) is 1.38. The summed E-state index contributed by atoms with van der Waals surface area (Å²) in [6, 6.07) is 2.27. The van der Waals surface area contributed by atoms with Crippen molar-refractivity contribution in [2.24, 2.45) is 11.7 Å². The highest BCUT2D eigenvalue weighted by molar-refractivity contribution is 7.07. The first kappa shape index (κ1) is 14.5. The van der Waals surface area contributed by atoms with Gasteiger partial charge in [0.1, 0.15) is 0 Å². The molecule has 1 aliphatic rings. The summed E-state index contributed by atoms with van der Waals surface area (Å²) in [5, 5.41) is 4.13. The number of hydrogen-bond donors (Lipinski definition) is 1. The van der Waals surface area contributed by atoms with Crippen LogP contribution in [-0.4, -0.2) is 48.4 Å². The molecule has 2 unspecified atom stereocenters. The fraction of sp³-hybridized carbons (Fsp3) is 0.643. The van der Waals surface area contributed by atoms with E-state index in [9.17, 15) is 4.79 Å². The molecule has 1 fully saturated rings. The average molecular weight is 281 g/mol. The van der Waals surface area contributed by atoms with Gasteiger partial charge in [-0.15, -0.1) is 0 Å². The van der Waals surface area contributed by atoms with Crippen LogP contribution in [0, 0.1) is 5.92 Å². The zero-order valence-electron chi connectivity index (χ0n) is 11.7. The third-order valence-corrected chi connectivity index (χ3v) is 4.28. The van der Waals surface area contributed by atoms with E-state index < -0.39 is 0 Å². The smallest absolute Gasteiger partial charge is 0.236 e. The summed E-state index contributed by atoms with van der Waals surface area (Å²) < 4.78 is 0. The number of carbonyl (C=O) groups is 1. The van der Waals surface area contributed by atoms with Gasteiger partial charge in [0.15, 0.2) is 0 Å². The van der Waals surface area contributed by atoms with Crippen molar-refractivity contribution in [2.45, 2.75) is 25.9 Å². The summed E-state index contributed by atoms with van der Waals surface area (Å²) >= 11 is 1.66. The van der Waals surface area contributed by atoms with E-state index in [4.69, 9.17) is 5.73 Å². The fourth-order valence-electron chi connectivity index (χ4n) is 2.70. The number of thiophene rings is 1. The lowest BCUT2D eigenvalue weighted by molar-refractivity contribution is -0.132. The molecule has 1 aromatic heterocycles. The molecule has 0 saturated carbocycles. The number of likely N-dealkylation sites (tertiary alicyclic amines) is 1. The van der Waals surface area contributed by atoms with Gasteiger partial charge in [0.25, 0.3) is 0 Å². The highest BCUT2D eigenvalue weighted by Gasteiger charge is 2.24. The number of likely N-dealkylation sites (N-methyl/N-ethyl adjacent to an activating group) is 1. The maximum Gasteiger partial charge on any atom is 0.236 e. The second-order valence-corrected chi connectivity index (χ2v) is 6.46. The Labute approximate surface area is 119 Å². The van der Waals surface area contributed by atoms with E-state index >= 15 is 0 Å². The molecule has 0 radical (unpaired) electrons. The molecule has 1 aliphatic heterocycles. The Morgan fingerprint density at radius 3 is 3.00 bits per heavy atom. The fourth-order valence-corrected chi connectivity index (χ4v) is 3.36. The Morgan fingerprint density at radius 2 is 2.37 bits per heavy atom. The molecule has 1 saturated heterocycles. The van der Waals surface area contributed by atoms with E-state index in [2.05, 4.69) is 23.3 Å². The van der Waals surface area contributed by atoms with E-state index in [1.54, 1.807) is 16.2 Å². The van der Waals surface area contributed by atoms with Crippen molar-refractivity contribution in [3.63, 3.8) is 0 Å². The van der Waals surface area contributed by atoms with Gasteiger partial charge in [0.2, 0.25) is 5.91 Å². The molecule has 0 aliphatic carbocycles. The van der Waals surface area contributed by atoms with Gasteiger partial charge in [0, 0.05) is 32.7 Å². The lowest BCUT2D eigenvalue weighted by atomic mass is 9.97. The summed E-state index contributed by atoms with van der Waals surface area (Å²) in [7, 11) is 1.87. The molecule has 19 heavy (non-hydrogen) atoms. The molecule has 0 aromatic carbocycles. The second-order valence-electron chi connectivity index (χ2n) is 5.68. The van der Waals surface area contributed by atoms with Gasteiger partial charge in [-0.25, -0.2) is 0 Å². The van der Waals surface area contributed by atoms with Crippen LogP contribution < -0.4 is 5.73 Å². The number of hydrogen-bond acceptors (Lipinski definition) is 4. The molecule has 0 spiro atoms. The van der Waals surface area contributed by atoms with Crippen molar-refractivity contribution in [1.82, 2.24) is 9.80 Å². The highest BCUT2D eigenvalue weighted by Crippen LogP contribution is 2.15. The van der Waals surface area contributed by atoms with Crippen LogP contribution in [0.3, 0.4) is 0 Å². The van der Waals surface area contributed by atoms with Gasteiger partial charge in [0.05, 0.1) is 6.54 Å². The third-order valence-electron chi connectivity index (χ3n) is 3.55. The number of nitrogens with two attached hydrogens (primary N) is 1. The number of amides is 1. The standard InChI is InChI=1S/C14H23N3OS/c1-11-5-13(15)8-17(6-11)9-14(18)16(2)7-12-3-4-19-10-12/h3-4,10-11,13H,5-9,15H2,1-2H3. The van der Waals surface area contributed by atoms with E-state index in [0.29, 0.717) is 19.0 Å². The van der Waals surface area contributed by atoms with Crippen molar-refractivity contribution >= 4 is 17.2 Å². The minimum atomic E-state index is 0.174. The number of nitrogens with zero attached hydrogens (tertiary/aromatic N) is 2. The van der Waals surface area contributed by atoms with Crippen molar-refractivity contribution in [2.75, 3.05) is 26.7 Å². The minimum Gasteiger partial charge on any atom is -0.340 e. The SMILES string of the molecule is CC1CC(N)CN(CC(=O)N(C)Cc2ccsc2)C1. The zero-order valence-corrected chi connectivity index (χ0v) is 12.5. The number of piperidine rings is 1. The lowest BCUT2D eigenvalue weighted by Gasteiger charge is -2.35. The van der Waals surface area contributed by atoms with Crippen molar-refractivity contribution in [3.8, 4) is 0 Å². The molecule has 106 valence electrons. The highest BCUT2D eigenvalue weighted by atomic mass is 32.1. The van der Waals surface area contributed by atoms with Gasteiger partial charge in [-0.1, -0.05) is 6.92 Å². The summed E-state index contributed by atoms with van der Waals surface area (Å²) in [6.45, 7) is 5.19. The summed E-state index contributed by atoms with van der Waals surface area (Å²) in [5.41, 5.74) is 7.21. The molecule has 1 amide bonds.